The number of sulfonamides is 1. The summed E-state index contributed by atoms with van der Waals surface area (Å²) in [6.45, 7) is 0. The Labute approximate surface area is 134 Å². The second-order valence-corrected chi connectivity index (χ2v) is 9.86. The van der Waals surface area contributed by atoms with Crippen LogP contribution >= 0.6 is 15.9 Å². The minimum atomic E-state index is -3.43. The van der Waals surface area contributed by atoms with Crippen LogP contribution in [0.2, 0.25) is 0 Å². The Balaban J connectivity index is 1.63. The molecule has 0 spiro atoms. The van der Waals surface area contributed by atoms with Crippen molar-refractivity contribution in [1.29, 1.82) is 0 Å². The maximum absolute atomic E-state index is 12.7. The Hall–Kier alpha value is -0.390. The molecule has 4 aliphatic carbocycles. The van der Waals surface area contributed by atoms with E-state index in [2.05, 4.69) is 20.7 Å². The summed E-state index contributed by atoms with van der Waals surface area (Å²) in [4.78, 5) is 0.368. The van der Waals surface area contributed by atoms with Crippen molar-refractivity contribution >= 4 is 26.0 Å². The van der Waals surface area contributed by atoms with Crippen molar-refractivity contribution in [3.8, 4) is 0 Å². The lowest BCUT2D eigenvalue weighted by Crippen LogP contribution is -2.59. The molecule has 21 heavy (non-hydrogen) atoms. The largest absolute Gasteiger partial charge is 0.241 e. The van der Waals surface area contributed by atoms with E-state index in [-0.39, 0.29) is 5.54 Å². The molecular weight excluding hydrogens is 350 g/mol. The number of hydrogen-bond acceptors (Lipinski definition) is 2. The normalized spacial score (nSPS) is 37.9. The van der Waals surface area contributed by atoms with Gasteiger partial charge in [-0.05, 0) is 74.5 Å². The molecule has 0 aromatic heterocycles. The smallest absolute Gasteiger partial charge is 0.207 e. The first-order valence-corrected chi connectivity index (χ1v) is 10.0. The van der Waals surface area contributed by atoms with E-state index in [0.29, 0.717) is 4.90 Å². The molecule has 3 nitrogen and oxygen atoms in total. The van der Waals surface area contributed by atoms with Crippen molar-refractivity contribution in [2.24, 2.45) is 17.8 Å². The minimum absolute atomic E-state index is 0.171. The summed E-state index contributed by atoms with van der Waals surface area (Å²) in [5.41, 5.74) is -0.171. The minimum Gasteiger partial charge on any atom is -0.207 e. The first kappa shape index (κ1) is 14.2. The molecule has 4 saturated carbocycles. The molecule has 0 radical (unpaired) electrons. The predicted molar refractivity (Wildman–Crippen MR) is 85.4 cm³/mol. The fourth-order valence-electron chi connectivity index (χ4n) is 5.21. The van der Waals surface area contributed by atoms with Crippen molar-refractivity contribution in [3.05, 3.63) is 28.7 Å². The third kappa shape index (κ3) is 2.57. The van der Waals surface area contributed by atoms with Gasteiger partial charge in [0, 0.05) is 10.0 Å². The number of rotatable bonds is 3. The van der Waals surface area contributed by atoms with Crippen LogP contribution in [0.25, 0.3) is 0 Å². The van der Waals surface area contributed by atoms with Crippen molar-refractivity contribution < 1.29 is 8.42 Å². The third-order valence-electron chi connectivity index (χ3n) is 5.50. The van der Waals surface area contributed by atoms with Crippen LogP contribution < -0.4 is 4.72 Å². The van der Waals surface area contributed by atoms with Gasteiger partial charge in [-0.3, -0.25) is 0 Å². The Morgan fingerprint density at radius 1 is 1.05 bits per heavy atom. The average molecular weight is 370 g/mol. The summed E-state index contributed by atoms with van der Waals surface area (Å²) in [6.07, 6.45) is 7.05. The lowest BCUT2D eigenvalue weighted by molar-refractivity contribution is -0.00810. The van der Waals surface area contributed by atoms with Crippen LogP contribution in [-0.2, 0) is 10.0 Å². The van der Waals surface area contributed by atoms with Crippen LogP contribution in [0.5, 0.6) is 0 Å². The Kier molecular flexibility index (Phi) is 3.25. The SMILES string of the molecule is O=S(=O)(NC12CC3CC(CC(C3)C1)C2)c1cccc(Br)c1. The van der Waals surface area contributed by atoms with Crippen LogP contribution in [-0.4, -0.2) is 14.0 Å². The van der Waals surface area contributed by atoms with E-state index in [9.17, 15) is 8.42 Å². The van der Waals surface area contributed by atoms with Gasteiger partial charge < -0.3 is 0 Å². The van der Waals surface area contributed by atoms with Gasteiger partial charge in [-0.2, -0.15) is 0 Å². The molecule has 1 aromatic carbocycles. The highest BCUT2D eigenvalue weighted by Crippen LogP contribution is 2.55. The van der Waals surface area contributed by atoms with Gasteiger partial charge in [0.1, 0.15) is 0 Å². The second-order valence-electron chi connectivity index (χ2n) is 7.26. The number of nitrogens with one attached hydrogen (secondary N) is 1. The number of hydrogen-bond donors (Lipinski definition) is 1. The fourth-order valence-corrected chi connectivity index (χ4v) is 7.24. The van der Waals surface area contributed by atoms with Gasteiger partial charge in [-0.1, -0.05) is 22.0 Å². The fraction of sp³-hybridized carbons (Fsp3) is 0.625. The second kappa shape index (κ2) is 4.80. The summed E-state index contributed by atoms with van der Waals surface area (Å²) in [7, 11) is -3.43. The zero-order valence-corrected chi connectivity index (χ0v) is 14.3. The van der Waals surface area contributed by atoms with Crippen LogP contribution in [0, 0.1) is 17.8 Å². The maximum atomic E-state index is 12.7. The maximum Gasteiger partial charge on any atom is 0.241 e. The monoisotopic (exact) mass is 369 g/mol. The van der Waals surface area contributed by atoms with E-state index in [1.165, 1.54) is 19.3 Å². The Bertz CT molecular complexity index is 635. The summed E-state index contributed by atoms with van der Waals surface area (Å²) < 4.78 is 29.4. The van der Waals surface area contributed by atoms with Gasteiger partial charge in [-0.25, -0.2) is 13.1 Å². The molecule has 1 aromatic rings. The summed E-state index contributed by atoms with van der Waals surface area (Å²) >= 11 is 3.36. The van der Waals surface area contributed by atoms with Gasteiger partial charge in [0.25, 0.3) is 0 Å². The van der Waals surface area contributed by atoms with E-state index in [4.69, 9.17) is 0 Å². The molecule has 0 unspecified atom stereocenters. The molecule has 0 saturated heterocycles. The lowest BCUT2D eigenvalue weighted by Gasteiger charge is -2.56. The molecule has 5 heteroatoms. The summed E-state index contributed by atoms with van der Waals surface area (Å²) in [5.74, 6) is 2.21. The van der Waals surface area contributed by atoms with Gasteiger partial charge in [0.2, 0.25) is 10.0 Å². The molecule has 1 N–H and O–H groups in total. The summed E-state index contributed by atoms with van der Waals surface area (Å²) in [5, 5.41) is 0. The highest BCUT2D eigenvalue weighted by molar-refractivity contribution is 9.10. The van der Waals surface area contributed by atoms with Crippen molar-refractivity contribution in [3.63, 3.8) is 0 Å². The molecule has 5 rings (SSSR count). The molecule has 0 aliphatic heterocycles. The summed E-state index contributed by atoms with van der Waals surface area (Å²) in [6, 6.07) is 6.98. The molecular formula is C16H20BrNO2S. The van der Waals surface area contributed by atoms with Gasteiger partial charge in [0.15, 0.2) is 0 Å². The highest BCUT2D eigenvalue weighted by atomic mass is 79.9. The standard InChI is InChI=1S/C16H20BrNO2S/c17-14-2-1-3-15(7-14)21(19,20)18-16-8-11-4-12(9-16)6-13(5-11)10-16/h1-3,7,11-13,18H,4-6,8-10H2. The van der Waals surface area contributed by atoms with Crippen molar-refractivity contribution in [2.75, 3.05) is 0 Å². The first-order valence-electron chi connectivity index (χ1n) is 7.74. The average Bonchev–Trinajstić information content (AvgIpc) is 2.35. The highest BCUT2D eigenvalue weighted by Gasteiger charge is 2.52. The molecule has 0 heterocycles. The number of benzene rings is 1. The Morgan fingerprint density at radius 2 is 1.62 bits per heavy atom. The van der Waals surface area contributed by atoms with E-state index in [1.54, 1.807) is 18.2 Å². The van der Waals surface area contributed by atoms with Crippen LogP contribution in [0.3, 0.4) is 0 Å². The molecule has 4 fully saturated rings. The van der Waals surface area contributed by atoms with E-state index < -0.39 is 10.0 Å². The molecule has 4 bridgehead atoms. The van der Waals surface area contributed by atoms with Crippen molar-refractivity contribution in [2.45, 2.75) is 49.0 Å². The van der Waals surface area contributed by atoms with Crippen molar-refractivity contribution in [1.82, 2.24) is 4.72 Å². The van der Waals surface area contributed by atoms with Crippen LogP contribution in [0.1, 0.15) is 38.5 Å². The van der Waals surface area contributed by atoms with Crippen LogP contribution in [0.15, 0.2) is 33.6 Å². The van der Waals surface area contributed by atoms with E-state index >= 15 is 0 Å². The predicted octanol–water partition coefficient (Wildman–Crippen LogP) is 3.70. The molecule has 4 aliphatic rings. The quantitative estimate of drug-likeness (QED) is 0.882. The molecule has 114 valence electrons. The van der Waals surface area contributed by atoms with Gasteiger partial charge in [0.05, 0.1) is 4.90 Å². The zero-order valence-electron chi connectivity index (χ0n) is 11.9. The van der Waals surface area contributed by atoms with Gasteiger partial charge >= 0.3 is 0 Å². The van der Waals surface area contributed by atoms with Crippen LogP contribution in [0.4, 0.5) is 0 Å². The molecule has 0 amide bonds. The van der Waals surface area contributed by atoms with E-state index in [0.717, 1.165) is 41.5 Å². The third-order valence-corrected chi connectivity index (χ3v) is 7.57. The Morgan fingerprint density at radius 3 is 2.14 bits per heavy atom. The topological polar surface area (TPSA) is 46.2 Å². The first-order chi connectivity index (χ1) is 9.94. The van der Waals surface area contributed by atoms with E-state index in [1.807, 2.05) is 6.07 Å². The number of halogens is 1. The van der Waals surface area contributed by atoms with Gasteiger partial charge in [-0.15, -0.1) is 0 Å². The molecule has 0 atom stereocenters. The zero-order chi connectivity index (χ0) is 14.7. The lowest BCUT2D eigenvalue weighted by atomic mass is 9.53.